The van der Waals surface area contributed by atoms with Gasteiger partial charge in [0.15, 0.2) is 0 Å². The molecule has 0 N–H and O–H groups in total. The van der Waals surface area contributed by atoms with E-state index in [2.05, 4.69) is 17.0 Å². The van der Waals surface area contributed by atoms with Gasteiger partial charge in [0.25, 0.3) is 0 Å². The molecule has 0 aliphatic heterocycles. The van der Waals surface area contributed by atoms with Gasteiger partial charge in [0.2, 0.25) is 0 Å². The van der Waals surface area contributed by atoms with Crippen LogP contribution in [0.4, 0.5) is 10.1 Å². The van der Waals surface area contributed by atoms with Crippen LogP contribution in [0.2, 0.25) is 0 Å². The molecule has 0 saturated heterocycles. The molecule has 0 atom stereocenters. The fourth-order valence-corrected chi connectivity index (χ4v) is 1.85. The Balaban J connectivity index is 1.87. The molecule has 0 spiro atoms. The molecule has 2 aromatic rings. The average molecular weight is 288 g/mol. The highest BCUT2D eigenvalue weighted by Crippen LogP contribution is 2.19. The molecule has 0 heterocycles. The van der Waals surface area contributed by atoms with E-state index in [1.165, 1.54) is 0 Å². The van der Waals surface area contributed by atoms with Gasteiger partial charge in [-0.2, -0.15) is 0 Å². The number of rotatable bonds is 7. The van der Waals surface area contributed by atoms with Crippen LogP contribution >= 0.6 is 0 Å². The van der Waals surface area contributed by atoms with E-state index in [-0.39, 0.29) is 6.61 Å². The average Bonchev–Trinajstić information content (AvgIpc) is 2.52. The van der Waals surface area contributed by atoms with Crippen molar-refractivity contribution in [2.24, 2.45) is 0 Å². The molecule has 2 aromatic carbocycles. The second kappa shape index (κ2) is 7.53. The fourth-order valence-electron chi connectivity index (χ4n) is 1.85. The van der Waals surface area contributed by atoms with Crippen molar-refractivity contribution in [2.75, 3.05) is 32.3 Å². The highest BCUT2D eigenvalue weighted by Gasteiger charge is 1.99. The largest absolute Gasteiger partial charge is 0.491 e. The van der Waals surface area contributed by atoms with Crippen molar-refractivity contribution in [3.63, 3.8) is 0 Å². The fraction of sp³-hybridized carbons (Fsp3) is 0.294. The van der Waals surface area contributed by atoms with E-state index in [9.17, 15) is 4.39 Å². The second-order valence-corrected chi connectivity index (χ2v) is 4.86. The molecule has 0 saturated carbocycles. The molecule has 0 fully saturated rings. The van der Waals surface area contributed by atoms with Crippen LogP contribution in [0, 0.1) is 0 Å². The van der Waals surface area contributed by atoms with Crippen LogP contribution in [0.5, 0.6) is 11.5 Å². The van der Waals surface area contributed by atoms with Crippen molar-refractivity contribution in [2.45, 2.75) is 6.61 Å². The third kappa shape index (κ3) is 4.67. The van der Waals surface area contributed by atoms with Gasteiger partial charge in [-0.3, -0.25) is 0 Å². The third-order valence-electron chi connectivity index (χ3n) is 3.03. The summed E-state index contributed by atoms with van der Waals surface area (Å²) in [6.45, 7) is 0.109. The molecule has 0 aliphatic carbocycles. The van der Waals surface area contributed by atoms with Crippen LogP contribution in [0.1, 0.15) is 5.56 Å². The predicted octanol–water partition coefficient (Wildman–Crippen LogP) is 3.68. The summed E-state index contributed by atoms with van der Waals surface area (Å²) in [5, 5.41) is 0. The number of nitrogens with zero attached hydrogens (tertiary/aromatic N) is 1. The van der Waals surface area contributed by atoms with E-state index in [0.717, 1.165) is 17.0 Å². The summed E-state index contributed by atoms with van der Waals surface area (Å²) in [5.74, 6) is 1.41. The molecule has 0 unspecified atom stereocenters. The lowest BCUT2D eigenvalue weighted by Gasteiger charge is -2.13. The minimum atomic E-state index is -0.485. The molecule has 4 heteroatoms. The van der Waals surface area contributed by atoms with Crippen molar-refractivity contribution in [1.82, 2.24) is 0 Å². The summed E-state index contributed by atoms with van der Waals surface area (Å²) in [4.78, 5) is 2.06. The van der Waals surface area contributed by atoms with Gasteiger partial charge >= 0.3 is 0 Å². The number of anilines is 1. The van der Waals surface area contributed by atoms with E-state index in [0.29, 0.717) is 12.4 Å². The van der Waals surface area contributed by atoms with Crippen molar-refractivity contribution in [3.8, 4) is 11.5 Å². The predicted molar refractivity (Wildman–Crippen MR) is 83.0 cm³/mol. The van der Waals surface area contributed by atoms with Crippen molar-refractivity contribution < 1.29 is 13.9 Å². The van der Waals surface area contributed by atoms with Gasteiger partial charge in [-0.05, 0) is 42.0 Å². The number of alkyl halides is 1. The smallest absolute Gasteiger partial charge is 0.123 e. The van der Waals surface area contributed by atoms with Crippen LogP contribution < -0.4 is 14.4 Å². The summed E-state index contributed by atoms with van der Waals surface area (Å²) >= 11 is 0. The van der Waals surface area contributed by atoms with Gasteiger partial charge < -0.3 is 14.4 Å². The number of hydrogen-bond donors (Lipinski definition) is 0. The first-order valence-electron chi connectivity index (χ1n) is 6.87. The first kappa shape index (κ1) is 15.2. The normalized spacial score (nSPS) is 10.2. The molecule has 21 heavy (non-hydrogen) atoms. The first-order chi connectivity index (χ1) is 10.2. The topological polar surface area (TPSA) is 21.7 Å². The van der Waals surface area contributed by atoms with Crippen LogP contribution in [0.3, 0.4) is 0 Å². The molecule has 3 nitrogen and oxygen atoms in total. The Kier molecular flexibility index (Phi) is 5.43. The lowest BCUT2D eigenvalue weighted by atomic mass is 10.2. The third-order valence-corrected chi connectivity index (χ3v) is 3.03. The highest BCUT2D eigenvalue weighted by atomic mass is 18.2. The molecule has 2 rings (SSSR count). The standard InChI is InChI=1S/C17H20FNO2/c1-19(2)15-5-3-14(4-6-15)13-21-17-9-7-16(8-10-17)20-12-11-18/h3-10H,11-13H2,1-2H3/i18-1. The maximum Gasteiger partial charge on any atom is 0.123 e. The zero-order valence-corrected chi connectivity index (χ0v) is 12.4. The molecule has 0 aliphatic rings. The Labute approximate surface area is 124 Å². The maximum atomic E-state index is 12.0. The van der Waals surface area contributed by atoms with Gasteiger partial charge in [0.1, 0.15) is 31.4 Å². The van der Waals surface area contributed by atoms with Gasteiger partial charge in [-0.25, -0.2) is 4.39 Å². The summed E-state index contributed by atoms with van der Waals surface area (Å²) in [6.07, 6.45) is 0. The van der Waals surface area contributed by atoms with E-state index in [1.54, 1.807) is 12.1 Å². The molecule has 0 radical (unpaired) electrons. The Bertz CT molecular complexity index is 538. The SMILES string of the molecule is CN(C)c1ccc(COc2ccc(OCC[18F])cc2)cc1. The van der Waals surface area contributed by atoms with Crippen LogP contribution in [0.25, 0.3) is 0 Å². The van der Waals surface area contributed by atoms with Crippen LogP contribution in [-0.4, -0.2) is 27.4 Å². The second-order valence-electron chi connectivity index (χ2n) is 4.86. The number of halogens is 1. The monoisotopic (exact) mass is 288 g/mol. The van der Waals surface area contributed by atoms with Gasteiger partial charge in [-0.15, -0.1) is 0 Å². The van der Waals surface area contributed by atoms with E-state index in [1.807, 2.05) is 38.4 Å². The summed E-state index contributed by atoms with van der Waals surface area (Å²) in [5.41, 5.74) is 2.27. The Hall–Kier alpha value is -2.23. The van der Waals surface area contributed by atoms with E-state index < -0.39 is 6.67 Å². The Morgan fingerprint density at radius 1 is 0.857 bits per heavy atom. The van der Waals surface area contributed by atoms with Gasteiger partial charge in [-0.1, -0.05) is 12.1 Å². The Morgan fingerprint density at radius 3 is 1.95 bits per heavy atom. The lowest BCUT2D eigenvalue weighted by molar-refractivity contribution is 0.271. The van der Waals surface area contributed by atoms with Crippen molar-refractivity contribution in [3.05, 3.63) is 54.1 Å². The molecular weight excluding hydrogens is 268 g/mol. The highest BCUT2D eigenvalue weighted by molar-refractivity contribution is 5.46. The zero-order chi connectivity index (χ0) is 15.1. The van der Waals surface area contributed by atoms with Crippen LogP contribution in [-0.2, 0) is 6.61 Å². The molecular formula is C17H20FNO2. The lowest BCUT2D eigenvalue weighted by Crippen LogP contribution is -2.08. The summed E-state index contributed by atoms with van der Waals surface area (Å²) < 4.78 is 22.9. The van der Waals surface area contributed by atoms with Crippen LogP contribution in [0.15, 0.2) is 48.5 Å². The molecule has 0 bridgehead atoms. The molecule has 0 amide bonds. The van der Waals surface area contributed by atoms with E-state index >= 15 is 0 Å². The minimum absolute atomic E-state index is 0.0818. The molecule has 112 valence electrons. The number of ether oxygens (including phenoxy) is 2. The quantitative estimate of drug-likeness (QED) is 0.775. The summed E-state index contributed by atoms with van der Waals surface area (Å²) in [7, 11) is 4.02. The zero-order valence-electron chi connectivity index (χ0n) is 12.4. The summed E-state index contributed by atoms with van der Waals surface area (Å²) in [6, 6.07) is 15.4. The van der Waals surface area contributed by atoms with Crippen molar-refractivity contribution >= 4 is 5.69 Å². The van der Waals surface area contributed by atoms with E-state index in [4.69, 9.17) is 9.47 Å². The molecule has 0 aromatic heterocycles. The van der Waals surface area contributed by atoms with Crippen molar-refractivity contribution in [1.29, 1.82) is 0 Å². The number of benzene rings is 2. The maximum absolute atomic E-state index is 12.0. The Morgan fingerprint density at radius 2 is 1.43 bits per heavy atom. The van der Waals surface area contributed by atoms with Gasteiger partial charge in [0.05, 0.1) is 0 Å². The minimum Gasteiger partial charge on any atom is -0.491 e. The first-order valence-corrected chi connectivity index (χ1v) is 6.87. The van der Waals surface area contributed by atoms with Gasteiger partial charge in [0, 0.05) is 19.8 Å². The number of hydrogen-bond acceptors (Lipinski definition) is 3.